The average molecular weight is 363 g/mol. The van der Waals surface area contributed by atoms with Gasteiger partial charge in [-0.25, -0.2) is 0 Å². The topological polar surface area (TPSA) is 82.4 Å². The van der Waals surface area contributed by atoms with Crippen LogP contribution in [-0.2, 0) is 9.59 Å². The van der Waals surface area contributed by atoms with Gasteiger partial charge in [-0.2, -0.15) is 5.26 Å². The Morgan fingerprint density at radius 3 is 2.67 bits per heavy atom. The number of carbonyl (C=O) groups excluding carboxylic acids is 2. The number of nitrogens with one attached hydrogen (secondary N) is 1. The largest absolute Gasteiger partial charge is 0.489 e. The van der Waals surface area contributed by atoms with E-state index in [1.54, 1.807) is 36.4 Å². The van der Waals surface area contributed by atoms with Gasteiger partial charge in [-0.1, -0.05) is 24.3 Å². The Morgan fingerprint density at radius 2 is 1.93 bits per heavy atom. The molecule has 0 aliphatic carbocycles. The maximum absolute atomic E-state index is 12.7. The minimum atomic E-state index is -0.489. The van der Waals surface area contributed by atoms with Crippen LogP contribution in [-0.4, -0.2) is 24.5 Å². The summed E-state index contributed by atoms with van der Waals surface area (Å²) in [4.78, 5) is 26.7. The Bertz CT molecular complexity index is 902. The van der Waals surface area contributed by atoms with Crippen molar-refractivity contribution < 1.29 is 14.3 Å². The minimum absolute atomic E-state index is 0.0194. The average Bonchev–Trinajstić information content (AvgIpc) is 3.04. The molecule has 2 aromatic carbocycles. The SMILES string of the molecule is CC(C)Oc1ccccc1NC(=O)C1CC(=O)N(c2ccccc2C#N)C1. The molecule has 1 atom stereocenters. The molecule has 27 heavy (non-hydrogen) atoms. The predicted molar refractivity (Wildman–Crippen MR) is 102 cm³/mol. The third-order valence-corrected chi connectivity index (χ3v) is 4.32. The quantitative estimate of drug-likeness (QED) is 0.883. The van der Waals surface area contributed by atoms with Crippen LogP contribution in [0.2, 0.25) is 0 Å². The molecule has 1 N–H and O–H groups in total. The second kappa shape index (κ2) is 7.92. The van der Waals surface area contributed by atoms with E-state index in [-0.39, 0.29) is 30.9 Å². The molecule has 2 amide bonds. The highest BCUT2D eigenvalue weighted by atomic mass is 16.5. The Hall–Kier alpha value is -3.33. The number of hydrogen-bond acceptors (Lipinski definition) is 4. The van der Waals surface area contributed by atoms with Gasteiger partial charge in [0.1, 0.15) is 11.8 Å². The van der Waals surface area contributed by atoms with Crippen molar-refractivity contribution in [2.24, 2.45) is 5.92 Å². The highest BCUT2D eigenvalue weighted by molar-refractivity contribution is 6.04. The fraction of sp³-hybridized carbons (Fsp3) is 0.286. The number of nitriles is 1. The summed E-state index contributed by atoms with van der Waals surface area (Å²) in [6.07, 6.45) is 0.0906. The number of rotatable bonds is 5. The smallest absolute Gasteiger partial charge is 0.229 e. The summed E-state index contributed by atoms with van der Waals surface area (Å²) in [5.74, 6) is -0.294. The van der Waals surface area contributed by atoms with Crippen LogP contribution in [0.25, 0.3) is 0 Å². The molecule has 3 rings (SSSR count). The van der Waals surface area contributed by atoms with Gasteiger partial charge in [0.15, 0.2) is 0 Å². The molecule has 1 aliphatic heterocycles. The number of benzene rings is 2. The normalized spacial score (nSPS) is 16.3. The highest BCUT2D eigenvalue weighted by Crippen LogP contribution is 2.30. The number of amides is 2. The molecular weight excluding hydrogens is 342 g/mol. The van der Waals surface area contributed by atoms with E-state index in [9.17, 15) is 14.9 Å². The van der Waals surface area contributed by atoms with Crippen molar-refractivity contribution in [2.45, 2.75) is 26.4 Å². The first-order valence-electron chi connectivity index (χ1n) is 8.85. The molecular formula is C21H21N3O3. The molecule has 1 fully saturated rings. The highest BCUT2D eigenvalue weighted by Gasteiger charge is 2.36. The van der Waals surface area contributed by atoms with Gasteiger partial charge in [0, 0.05) is 13.0 Å². The fourth-order valence-electron chi connectivity index (χ4n) is 3.08. The van der Waals surface area contributed by atoms with Crippen molar-refractivity contribution in [3.63, 3.8) is 0 Å². The van der Waals surface area contributed by atoms with E-state index in [4.69, 9.17) is 4.74 Å². The van der Waals surface area contributed by atoms with Crippen LogP contribution >= 0.6 is 0 Å². The van der Waals surface area contributed by atoms with Crippen molar-refractivity contribution in [3.8, 4) is 11.8 Å². The molecule has 6 heteroatoms. The van der Waals surface area contributed by atoms with Crippen molar-refractivity contribution in [1.29, 1.82) is 5.26 Å². The molecule has 1 aliphatic rings. The number of hydrogen-bond donors (Lipinski definition) is 1. The van der Waals surface area contributed by atoms with E-state index >= 15 is 0 Å². The monoisotopic (exact) mass is 363 g/mol. The van der Waals surface area contributed by atoms with Crippen LogP contribution < -0.4 is 15.0 Å². The molecule has 0 spiro atoms. The zero-order valence-electron chi connectivity index (χ0n) is 15.3. The summed E-state index contributed by atoms with van der Waals surface area (Å²) in [6, 6.07) is 16.2. The van der Waals surface area contributed by atoms with Gasteiger partial charge in [-0.3, -0.25) is 9.59 Å². The molecule has 0 bridgehead atoms. The molecule has 1 unspecified atom stereocenters. The van der Waals surface area contributed by atoms with E-state index in [0.29, 0.717) is 22.7 Å². The Labute approximate surface area is 158 Å². The number of anilines is 2. The first-order valence-corrected chi connectivity index (χ1v) is 8.85. The van der Waals surface area contributed by atoms with Crippen LogP contribution in [0.1, 0.15) is 25.8 Å². The van der Waals surface area contributed by atoms with Crippen molar-refractivity contribution >= 4 is 23.2 Å². The van der Waals surface area contributed by atoms with Crippen LogP contribution in [0.4, 0.5) is 11.4 Å². The summed E-state index contributed by atoms with van der Waals surface area (Å²) >= 11 is 0. The van der Waals surface area contributed by atoms with Crippen molar-refractivity contribution in [2.75, 3.05) is 16.8 Å². The van der Waals surface area contributed by atoms with E-state index in [2.05, 4.69) is 11.4 Å². The van der Waals surface area contributed by atoms with Gasteiger partial charge in [0.25, 0.3) is 0 Å². The summed E-state index contributed by atoms with van der Waals surface area (Å²) in [5, 5.41) is 12.1. The number of carbonyl (C=O) groups is 2. The second-order valence-corrected chi connectivity index (χ2v) is 6.69. The van der Waals surface area contributed by atoms with Crippen LogP contribution in [0.5, 0.6) is 5.75 Å². The van der Waals surface area contributed by atoms with Gasteiger partial charge in [-0.15, -0.1) is 0 Å². The number of para-hydroxylation sites is 3. The molecule has 0 radical (unpaired) electrons. The molecule has 138 valence electrons. The fourth-order valence-corrected chi connectivity index (χ4v) is 3.08. The lowest BCUT2D eigenvalue weighted by Crippen LogP contribution is -2.28. The first kappa shape index (κ1) is 18.5. The van der Waals surface area contributed by atoms with E-state index in [1.807, 2.05) is 26.0 Å². The molecule has 2 aromatic rings. The predicted octanol–water partition coefficient (Wildman–Crippen LogP) is 3.34. The zero-order valence-corrected chi connectivity index (χ0v) is 15.3. The van der Waals surface area contributed by atoms with Gasteiger partial charge in [0.05, 0.1) is 29.0 Å². The van der Waals surface area contributed by atoms with Crippen LogP contribution in [0, 0.1) is 17.2 Å². The molecule has 0 saturated carbocycles. The summed E-state index contributed by atoms with van der Waals surface area (Å²) in [7, 11) is 0. The summed E-state index contributed by atoms with van der Waals surface area (Å²) < 4.78 is 5.72. The third-order valence-electron chi connectivity index (χ3n) is 4.32. The van der Waals surface area contributed by atoms with Gasteiger partial charge < -0.3 is 15.0 Å². The number of ether oxygens (including phenoxy) is 1. The molecule has 6 nitrogen and oxygen atoms in total. The summed E-state index contributed by atoms with van der Waals surface area (Å²) in [6.45, 7) is 4.08. The zero-order chi connectivity index (χ0) is 19.4. The minimum Gasteiger partial charge on any atom is -0.489 e. The standard InChI is InChI=1S/C21H21N3O3/c1-14(2)27-19-10-6-4-8-17(19)23-21(26)16-11-20(25)24(13-16)18-9-5-3-7-15(18)12-22/h3-10,14,16H,11,13H2,1-2H3,(H,23,26). The lowest BCUT2D eigenvalue weighted by molar-refractivity contribution is -0.122. The van der Waals surface area contributed by atoms with Crippen molar-refractivity contribution in [3.05, 3.63) is 54.1 Å². The van der Waals surface area contributed by atoms with Crippen LogP contribution in [0.15, 0.2) is 48.5 Å². The Balaban J connectivity index is 1.75. The van der Waals surface area contributed by atoms with E-state index < -0.39 is 5.92 Å². The number of nitrogens with zero attached hydrogens (tertiary/aromatic N) is 2. The second-order valence-electron chi connectivity index (χ2n) is 6.69. The first-order chi connectivity index (χ1) is 13.0. The maximum atomic E-state index is 12.7. The maximum Gasteiger partial charge on any atom is 0.229 e. The molecule has 1 heterocycles. The third kappa shape index (κ3) is 4.09. The molecule has 0 aromatic heterocycles. The molecule has 1 saturated heterocycles. The lowest BCUT2D eigenvalue weighted by atomic mass is 10.1. The lowest BCUT2D eigenvalue weighted by Gasteiger charge is -2.18. The van der Waals surface area contributed by atoms with Crippen molar-refractivity contribution in [1.82, 2.24) is 0 Å². The van der Waals surface area contributed by atoms with Crippen LogP contribution in [0.3, 0.4) is 0 Å². The van der Waals surface area contributed by atoms with Gasteiger partial charge in [-0.05, 0) is 38.1 Å². The van der Waals surface area contributed by atoms with E-state index in [1.165, 1.54) is 4.90 Å². The van der Waals surface area contributed by atoms with Gasteiger partial charge >= 0.3 is 0 Å². The van der Waals surface area contributed by atoms with E-state index in [0.717, 1.165) is 0 Å². The summed E-state index contributed by atoms with van der Waals surface area (Å²) in [5.41, 5.74) is 1.55. The Morgan fingerprint density at radius 1 is 1.22 bits per heavy atom. The van der Waals surface area contributed by atoms with Gasteiger partial charge in [0.2, 0.25) is 11.8 Å². The Kier molecular flexibility index (Phi) is 5.41.